The summed E-state index contributed by atoms with van der Waals surface area (Å²) in [6.45, 7) is 6.48. The van der Waals surface area contributed by atoms with Gasteiger partial charge in [-0.15, -0.1) is 5.10 Å². The standard InChI is InChI=1S/C14H19ClN4O/c1-8(2)14-11(7-16)17-18-19(14)12-5-9(3)10(15)6-13(12)20-4/h5-6,8H,7,16H2,1-4H3. The molecule has 2 aromatic rings. The van der Waals surface area contributed by atoms with Gasteiger partial charge in [-0.25, -0.2) is 4.68 Å². The van der Waals surface area contributed by atoms with E-state index in [2.05, 4.69) is 24.2 Å². The van der Waals surface area contributed by atoms with E-state index in [-0.39, 0.29) is 5.92 Å². The fourth-order valence-electron chi connectivity index (χ4n) is 2.20. The van der Waals surface area contributed by atoms with Gasteiger partial charge in [-0.3, -0.25) is 0 Å². The molecular weight excluding hydrogens is 276 g/mol. The third kappa shape index (κ3) is 2.51. The van der Waals surface area contributed by atoms with Crippen LogP contribution in [0.5, 0.6) is 5.75 Å². The lowest BCUT2D eigenvalue weighted by Crippen LogP contribution is -2.09. The van der Waals surface area contributed by atoms with E-state index >= 15 is 0 Å². The van der Waals surface area contributed by atoms with Gasteiger partial charge in [0.2, 0.25) is 0 Å². The molecule has 1 aromatic heterocycles. The number of rotatable bonds is 4. The molecule has 0 aliphatic heterocycles. The molecule has 2 N–H and O–H groups in total. The average Bonchev–Trinajstić information content (AvgIpc) is 2.85. The van der Waals surface area contributed by atoms with Crippen molar-refractivity contribution in [2.24, 2.45) is 5.73 Å². The predicted octanol–water partition coefficient (Wildman–Crippen LogP) is 2.82. The fourth-order valence-corrected chi connectivity index (χ4v) is 2.35. The molecule has 0 amide bonds. The molecule has 1 aromatic carbocycles. The van der Waals surface area contributed by atoms with Gasteiger partial charge >= 0.3 is 0 Å². The third-order valence-corrected chi connectivity index (χ3v) is 3.61. The van der Waals surface area contributed by atoms with Gasteiger partial charge in [0.05, 0.1) is 12.8 Å². The van der Waals surface area contributed by atoms with E-state index in [1.807, 2.05) is 13.0 Å². The molecule has 1 heterocycles. The van der Waals surface area contributed by atoms with E-state index in [0.717, 1.165) is 22.6 Å². The van der Waals surface area contributed by atoms with E-state index in [1.165, 1.54) is 0 Å². The Morgan fingerprint density at radius 3 is 2.65 bits per heavy atom. The summed E-state index contributed by atoms with van der Waals surface area (Å²) in [5.41, 5.74) is 9.31. The molecule has 0 unspecified atom stereocenters. The van der Waals surface area contributed by atoms with Crippen molar-refractivity contribution in [3.05, 3.63) is 34.1 Å². The number of nitrogens with zero attached hydrogens (tertiary/aromatic N) is 3. The largest absolute Gasteiger partial charge is 0.494 e. The summed E-state index contributed by atoms with van der Waals surface area (Å²) in [6.07, 6.45) is 0. The lowest BCUT2D eigenvalue weighted by atomic mass is 10.1. The van der Waals surface area contributed by atoms with Crippen molar-refractivity contribution in [2.45, 2.75) is 33.2 Å². The lowest BCUT2D eigenvalue weighted by molar-refractivity contribution is 0.410. The highest BCUT2D eigenvalue weighted by Crippen LogP contribution is 2.32. The quantitative estimate of drug-likeness (QED) is 0.941. The summed E-state index contributed by atoms with van der Waals surface area (Å²) >= 11 is 6.14. The molecule has 0 atom stereocenters. The number of hydrogen-bond acceptors (Lipinski definition) is 4. The van der Waals surface area contributed by atoms with Crippen LogP contribution in [0.2, 0.25) is 5.02 Å². The van der Waals surface area contributed by atoms with E-state index in [1.54, 1.807) is 17.9 Å². The van der Waals surface area contributed by atoms with E-state index < -0.39 is 0 Å². The minimum atomic E-state index is 0.254. The topological polar surface area (TPSA) is 66.0 Å². The molecule has 0 aliphatic carbocycles. The molecular formula is C14H19ClN4O. The lowest BCUT2D eigenvalue weighted by Gasteiger charge is -2.15. The van der Waals surface area contributed by atoms with Crippen molar-refractivity contribution in [1.82, 2.24) is 15.0 Å². The van der Waals surface area contributed by atoms with Crippen LogP contribution in [0.1, 0.15) is 36.7 Å². The van der Waals surface area contributed by atoms with E-state index in [4.69, 9.17) is 22.1 Å². The maximum Gasteiger partial charge on any atom is 0.146 e. The summed E-state index contributed by atoms with van der Waals surface area (Å²) in [5, 5.41) is 9.04. The summed E-state index contributed by atoms with van der Waals surface area (Å²) in [5.74, 6) is 0.917. The Bertz CT molecular complexity index is 622. The molecule has 0 saturated heterocycles. The van der Waals surface area contributed by atoms with Crippen LogP contribution < -0.4 is 10.5 Å². The number of ether oxygens (including phenoxy) is 1. The van der Waals surface area contributed by atoms with Crippen molar-refractivity contribution in [1.29, 1.82) is 0 Å². The third-order valence-electron chi connectivity index (χ3n) is 3.21. The van der Waals surface area contributed by atoms with Crippen molar-refractivity contribution in [2.75, 3.05) is 7.11 Å². The molecule has 0 bridgehead atoms. The summed E-state index contributed by atoms with van der Waals surface area (Å²) in [7, 11) is 1.61. The number of nitrogens with two attached hydrogens (primary N) is 1. The molecule has 2 rings (SSSR count). The zero-order chi connectivity index (χ0) is 14.9. The molecule has 0 spiro atoms. The number of halogens is 1. The van der Waals surface area contributed by atoms with E-state index in [0.29, 0.717) is 17.3 Å². The van der Waals surface area contributed by atoms with Crippen LogP contribution in [0.15, 0.2) is 12.1 Å². The second-order valence-corrected chi connectivity index (χ2v) is 5.37. The molecule has 0 aliphatic rings. The minimum Gasteiger partial charge on any atom is -0.494 e. The van der Waals surface area contributed by atoms with E-state index in [9.17, 15) is 0 Å². The van der Waals surface area contributed by atoms with Gasteiger partial charge in [0.15, 0.2) is 0 Å². The Morgan fingerprint density at radius 1 is 1.40 bits per heavy atom. The number of benzene rings is 1. The van der Waals surface area contributed by atoms with Crippen LogP contribution in [-0.2, 0) is 6.54 Å². The number of aryl methyl sites for hydroxylation is 1. The van der Waals surface area contributed by atoms with Crippen molar-refractivity contribution in [3.63, 3.8) is 0 Å². The highest BCUT2D eigenvalue weighted by molar-refractivity contribution is 6.31. The monoisotopic (exact) mass is 294 g/mol. The molecule has 6 heteroatoms. The Kier molecular flexibility index (Phi) is 4.30. The fraction of sp³-hybridized carbons (Fsp3) is 0.429. The Labute approximate surface area is 123 Å². The maximum atomic E-state index is 6.14. The van der Waals surface area contributed by atoms with Crippen LogP contribution in [0.25, 0.3) is 5.69 Å². The summed E-state index contributed by atoms with van der Waals surface area (Å²) < 4.78 is 7.20. The highest BCUT2D eigenvalue weighted by Gasteiger charge is 2.19. The normalized spacial score (nSPS) is 11.2. The summed E-state index contributed by atoms with van der Waals surface area (Å²) in [4.78, 5) is 0. The van der Waals surface area contributed by atoms with Gasteiger partial charge in [-0.1, -0.05) is 30.7 Å². The highest BCUT2D eigenvalue weighted by atomic mass is 35.5. The number of aromatic nitrogens is 3. The second kappa shape index (κ2) is 5.81. The van der Waals surface area contributed by atoms with Crippen LogP contribution >= 0.6 is 11.6 Å². The van der Waals surface area contributed by atoms with Crippen molar-refractivity contribution in [3.8, 4) is 11.4 Å². The van der Waals surface area contributed by atoms with Crippen LogP contribution in [-0.4, -0.2) is 22.1 Å². The first kappa shape index (κ1) is 14.8. The van der Waals surface area contributed by atoms with Crippen molar-refractivity contribution >= 4 is 11.6 Å². The number of hydrogen-bond donors (Lipinski definition) is 1. The van der Waals surface area contributed by atoms with Crippen LogP contribution in [0, 0.1) is 6.92 Å². The molecule has 0 saturated carbocycles. The first-order valence-electron chi connectivity index (χ1n) is 6.48. The van der Waals surface area contributed by atoms with Crippen molar-refractivity contribution < 1.29 is 4.74 Å². The van der Waals surface area contributed by atoms with Crippen LogP contribution in [0.4, 0.5) is 0 Å². The van der Waals surface area contributed by atoms with Gasteiger partial charge in [0.1, 0.15) is 17.1 Å². The van der Waals surface area contributed by atoms with Gasteiger partial charge in [-0.05, 0) is 24.5 Å². The average molecular weight is 295 g/mol. The molecule has 20 heavy (non-hydrogen) atoms. The minimum absolute atomic E-state index is 0.254. The summed E-state index contributed by atoms with van der Waals surface area (Å²) in [6, 6.07) is 3.74. The second-order valence-electron chi connectivity index (χ2n) is 4.97. The van der Waals surface area contributed by atoms with Gasteiger partial charge in [0, 0.05) is 17.6 Å². The molecule has 108 valence electrons. The van der Waals surface area contributed by atoms with Gasteiger partial charge in [0.25, 0.3) is 0 Å². The molecule has 5 nitrogen and oxygen atoms in total. The Hall–Kier alpha value is -1.59. The predicted molar refractivity (Wildman–Crippen MR) is 79.6 cm³/mol. The SMILES string of the molecule is COc1cc(Cl)c(C)cc1-n1nnc(CN)c1C(C)C. The Morgan fingerprint density at radius 2 is 2.10 bits per heavy atom. The van der Waals surface area contributed by atoms with Crippen LogP contribution in [0.3, 0.4) is 0 Å². The molecule has 0 radical (unpaired) electrons. The van der Waals surface area contributed by atoms with Gasteiger partial charge < -0.3 is 10.5 Å². The first-order chi connectivity index (χ1) is 9.49. The first-order valence-corrected chi connectivity index (χ1v) is 6.86. The smallest absolute Gasteiger partial charge is 0.146 e. The zero-order valence-electron chi connectivity index (χ0n) is 12.1. The Balaban J connectivity index is 2.68. The van der Waals surface area contributed by atoms with Gasteiger partial charge in [-0.2, -0.15) is 0 Å². The maximum absolute atomic E-state index is 6.14. The zero-order valence-corrected chi connectivity index (χ0v) is 12.9. The number of methoxy groups -OCH3 is 1. The molecule has 0 fully saturated rings.